The topological polar surface area (TPSA) is 90.3 Å². The zero-order valence-electron chi connectivity index (χ0n) is 11.7. The zero-order valence-corrected chi connectivity index (χ0v) is 11.7. The summed E-state index contributed by atoms with van der Waals surface area (Å²) in [5, 5.41) is 19.2. The molecule has 2 atom stereocenters. The van der Waals surface area contributed by atoms with Gasteiger partial charge in [0.05, 0.1) is 18.8 Å². The number of nitrogens with zero attached hydrogens (tertiary/aromatic N) is 2. The first-order chi connectivity index (χ1) is 9.41. The van der Waals surface area contributed by atoms with Crippen molar-refractivity contribution in [3.63, 3.8) is 0 Å². The lowest BCUT2D eigenvalue weighted by Gasteiger charge is -2.36. The van der Waals surface area contributed by atoms with Gasteiger partial charge in [0.25, 0.3) is 0 Å². The molecule has 2 aliphatic rings. The van der Waals surface area contributed by atoms with Crippen LogP contribution in [-0.2, 0) is 9.53 Å². The number of aliphatic hydroxyl groups is 1. The number of hydrogen-bond acceptors (Lipinski definition) is 4. The van der Waals surface area contributed by atoms with Crippen molar-refractivity contribution in [3.8, 4) is 0 Å². The van der Waals surface area contributed by atoms with Crippen LogP contribution in [0.1, 0.15) is 26.2 Å². The molecule has 20 heavy (non-hydrogen) atoms. The molecule has 0 bridgehead atoms. The number of carbonyl (C=O) groups is 2. The molecule has 0 aromatic heterocycles. The Bertz CT molecular complexity index is 385. The Morgan fingerprint density at radius 1 is 1.25 bits per heavy atom. The minimum Gasteiger partial charge on any atom is -0.480 e. The second kappa shape index (κ2) is 5.97. The first-order valence-electron chi connectivity index (χ1n) is 6.99. The molecule has 2 N–H and O–H groups in total. The second-order valence-corrected chi connectivity index (χ2v) is 5.74. The smallest absolute Gasteiger partial charge is 0.328 e. The van der Waals surface area contributed by atoms with E-state index in [4.69, 9.17) is 9.84 Å². The highest BCUT2D eigenvalue weighted by Gasteiger charge is 2.36. The highest BCUT2D eigenvalue weighted by atomic mass is 16.5. The third kappa shape index (κ3) is 3.40. The van der Waals surface area contributed by atoms with Gasteiger partial charge < -0.3 is 24.7 Å². The zero-order chi connectivity index (χ0) is 14.8. The maximum Gasteiger partial charge on any atom is 0.328 e. The van der Waals surface area contributed by atoms with E-state index in [2.05, 4.69) is 0 Å². The summed E-state index contributed by atoms with van der Waals surface area (Å²) in [5.74, 6) is -1.04. The van der Waals surface area contributed by atoms with Crippen LogP contribution in [0.3, 0.4) is 0 Å². The van der Waals surface area contributed by atoms with Crippen molar-refractivity contribution >= 4 is 12.0 Å². The monoisotopic (exact) mass is 286 g/mol. The molecule has 2 rings (SSSR count). The maximum absolute atomic E-state index is 12.5. The number of aliphatic carboxylic acids is 1. The fourth-order valence-electron chi connectivity index (χ4n) is 2.67. The molecule has 0 saturated carbocycles. The number of likely N-dealkylation sites (tertiary alicyclic amines) is 1. The van der Waals surface area contributed by atoms with Gasteiger partial charge in [0.2, 0.25) is 0 Å². The molecule has 2 unspecified atom stereocenters. The first kappa shape index (κ1) is 15.1. The highest BCUT2D eigenvalue weighted by Crippen LogP contribution is 2.22. The third-order valence-electron chi connectivity index (χ3n) is 3.99. The molecule has 0 aromatic rings. The van der Waals surface area contributed by atoms with Crippen LogP contribution in [0.25, 0.3) is 0 Å². The Balaban J connectivity index is 2.03. The standard InChI is InChI=1S/C13H22N2O5/c1-13(19)3-2-5-14(6-4-13)12(18)15-7-8-20-9-10(15)11(16)17/h10,19H,2-9H2,1H3,(H,16,17). The lowest BCUT2D eigenvalue weighted by Crippen LogP contribution is -2.56. The summed E-state index contributed by atoms with van der Waals surface area (Å²) in [4.78, 5) is 26.7. The van der Waals surface area contributed by atoms with E-state index in [1.165, 1.54) is 4.90 Å². The molecular weight excluding hydrogens is 264 g/mol. The number of amides is 2. The SMILES string of the molecule is CC1(O)CCCN(C(=O)N2CCOCC2C(=O)O)CC1. The summed E-state index contributed by atoms with van der Waals surface area (Å²) >= 11 is 0. The van der Waals surface area contributed by atoms with Gasteiger partial charge in [-0.3, -0.25) is 0 Å². The fourth-order valence-corrected chi connectivity index (χ4v) is 2.67. The second-order valence-electron chi connectivity index (χ2n) is 5.74. The number of carbonyl (C=O) groups excluding carboxylic acids is 1. The van der Waals surface area contributed by atoms with Gasteiger partial charge >= 0.3 is 12.0 Å². The lowest BCUT2D eigenvalue weighted by molar-refractivity contribution is -0.147. The highest BCUT2D eigenvalue weighted by molar-refractivity contribution is 5.83. The fraction of sp³-hybridized carbons (Fsp3) is 0.846. The molecule has 0 aliphatic carbocycles. The minimum absolute atomic E-state index is 0.0344. The number of carboxylic acid groups (broad SMARTS) is 1. The Hall–Kier alpha value is -1.34. The Morgan fingerprint density at radius 3 is 2.70 bits per heavy atom. The van der Waals surface area contributed by atoms with Crippen molar-refractivity contribution in [1.29, 1.82) is 0 Å². The quantitative estimate of drug-likeness (QED) is 0.715. The van der Waals surface area contributed by atoms with E-state index in [0.717, 1.165) is 6.42 Å². The first-order valence-corrected chi connectivity index (χ1v) is 6.99. The van der Waals surface area contributed by atoms with Gasteiger partial charge in [-0.2, -0.15) is 0 Å². The lowest BCUT2D eigenvalue weighted by atomic mass is 9.98. The summed E-state index contributed by atoms with van der Waals surface area (Å²) in [6.07, 6.45) is 1.89. The third-order valence-corrected chi connectivity index (χ3v) is 3.99. The number of morpholine rings is 1. The van der Waals surface area contributed by atoms with Crippen LogP contribution in [-0.4, -0.2) is 76.5 Å². The summed E-state index contributed by atoms with van der Waals surface area (Å²) in [7, 11) is 0. The molecule has 2 amide bonds. The maximum atomic E-state index is 12.5. The molecular formula is C13H22N2O5. The number of ether oxygens (including phenoxy) is 1. The normalized spacial score (nSPS) is 31.8. The van der Waals surface area contributed by atoms with Gasteiger partial charge in [-0.05, 0) is 26.2 Å². The predicted octanol–water partition coefficient (Wildman–Crippen LogP) is 0.129. The van der Waals surface area contributed by atoms with Gasteiger partial charge in [0.15, 0.2) is 6.04 Å². The van der Waals surface area contributed by atoms with E-state index in [0.29, 0.717) is 39.1 Å². The molecule has 2 saturated heterocycles. The average Bonchev–Trinajstić information content (AvgIpc) is 2.59. The van der Waals surface area contributed by atoms with Gasteiger partial charge in [-0.15, -0.1) is 0 Å². The molecule has 2 aliphatic heterocycles. The van der Waals surface area contributed by atoms with Crippen LogP contribution in [0.2, 0.25) is 0 Å². The summed E-state index contributed by atoms with van der Waals surface area (Å²) in [5.41, 5.74) is -0.744. The number of rotatable bonds is 1. The van der Waals surface area contributed by atoms with Gasteiger partial charge in [0, 0.05) is 19.6 Å². The van der Waals surface area contributed by atoms with Crippen LogP contribution in [0.5, 0.6) is 0 Å². The minimum atomic E-state index is -1.04. The van der Waals surface area contributed by atoms with Crippen molar-refractivity contribution < 1.29 is 24.5 Å². The number of carboxylic acids is 1. The van der Waals surface area contributed by atoms with Crippen LogP contribution in [0.4, 0.5) is 4.79 Å². The van der Waals surface area contributed by atoms with E-state index < -0.39 is 17.6 Å². The Kier molecular flexibility index (Phi) is 4.49. The van der Waals surface area contributed by atoms with Crippen molar-refractivity contribution in [2.75, 3.05) is 32.8 Å². The van der Waals surface area contributed by atoms with E-state index in [9.17, 15) is 14.7 Å². The van der Waals surface area contributed by atoms with Crippen molar-refractivity contribution in [2.45, 2.75) is 37.8 Å². The van der Waals surface area contributed by atoms with Crippen molar-refractivity contribution in [3.05, 3.63) is 0 Å². The molecule has 0 radical (unpaired) electrons. The van der Waals surface area contributed by atoms with E-state index in [-0.39, 0.29) is 12.6 Å². The largest absolute Gasteiger partial charge is 0.480 e. The summed E-state index contributed by atoms with van der Waals surface area (Å²) < 4.78 is 5.14. The Labute approximate surface area is 118 Å². The van der Waals surface area contributed by atoms with Crippen LogP contribution >= 0.6 is 0 Å². The molecule has 114 valence electrons. The molecule has 7 heteroatoms. The molecule has 0 aromatic carbocycles. The van der Waals surface area contributed by atoms with E-state index in [1.807, 2.05) is 0 Å². The van der Waals surface area contributed by atoms with Crippen molar-refractivity contribution in [1.82, 2.24) is 9.80 Å². The van der Waals surface area contributed by atoms with Crippen LogP contribution in [0.15, 0.2) is 0 Å². The van der Waals surface area contributed by atoms with Crippen LogP contribution in [0, 0.1) is 0 Å². The van der Waals surface area contributed by atoms with E-state index >= 15 is 0 Å². The molecule has 2 fully saturated rings. The molecule has 7 nitrogen and oxygen atoms in total. The van der Waals surface area contributed by atoms with Gasteiger partial charge in [0.1, 0.15) is 0 Å². The average molecular weight is 286 g/mol. The van der Waals surface area contributed by atoms with E-state index in [1.54, 1.807) is 11.8 Å². The van der Waals surface area contributed by atoms with Gasteiger partial charge in [-0.1, -0.05) is 0 Å². The summed E-state index contributed by atoms with van der Waals surface area (Å²) in [6.45, 7) is 3.47. The number of urea groups is 1. The number of hydrogen-bond donors (Lipinski definition) is 2. The molecule has 0 spiro atoms. The predicted molar refractivity (Wildman–Crippen MR) is 70.4 cm³/mol. The molecule has 2 heterocycles. The summed E-state index contributed by atoms with van der Waals surface area (Å²) in [6, 6.07) is -1.18. The van der Waals surface area contributed by atoms with Crippen molar-refractivity contribution in [2.24, 2.45) is 0 Å². The van der Waals surface area contributed by atoms with Gasteiger partial charge in [-0.25, -0.2) is 9.59 Å². The Morgan fingerprint density at radius 2 is 2.00 bits per heavy atom. The van der Waals surface area contributed by atoms with Crippen LogP contribution < -0.4 is 0 Å².